The van der Waals surface area contributed by atoms with E-state index in [2.05, 4.69) is 26.6 Å². The molecular weight excluding hydrogens is 422 g/mol. The number of aryl methyl sites for hydroxylation is 1. The van der Waals surface area contributed by atoms with Crippen LogP contribution in [-0.4, -0.2) is 18.2 Å². The fraction of sp³-hybridized carbons (Fsp3) is 0.200. The summed E-state index contributed by atoms with van der Waals surface area (Å²) in [6, 6.07) is 3.58. The average molecular weight is 435 g/mol. The topological polar surface area (TPSA) is 50.4 Å². The molecule has 0 amide bonds. The first-order valence-corrected chi connectivity index (χ1v) is 8.81. The predicted molar refractivity (Wildman–Crippen MR) is 98.9 cm³/mol. The summed E-state index contributed by atoms with van der Waals surface area (Å²) in [5.74, 6) is -1.99. The van der Waals surface area contributed by atoms with Gasteiger partial charge in [-0.2, -0.15) is 0 Å². The molecular formula is C15H13BrF2N2O2S2. The number of carbonyl (C=O) groups is 1. The van der Waals surface area contributed by atoms with E-state index in [-0.39, 0.29) is 15.3 Å². The third-order valence-electron chi connectivity index (χ3n) is 3.01. The van der Waals surface area contributed by atoms with Gasteiger partial charge in [0.05, 0.1) is 18.4 Å². The predicted octanol–water partition coefficient (Wildman–Crippen LogP) is 4.95. The molecule has 4 nitrogen and oxygen atoms in total. The van der Waals surface area contributed by atoms with Crippen molar-refractivity contribution < 1.29 is 18.3 Å². The smallest absolute Gasteiger partial charge is 0.340 e. The van der Waals surface area contributed by atoms with Crippen molar-refractivity contribution in [3.63, 3.8) is 0 Å². The first-order chi connectivity index (χ1) is 11.3. The number of thiocarbonyl (C=S) groups is 1. The van der Waals surface area contributed by atoms with Crippen molar-refractivity contribution in [3.05, 3.63) is 44.7 Å². The summed E-state index contributed by atoms with van der Waals surface area (Å²) in [5.41, 5.74) is 0.350. The number of hydrogen-bond acceptors (Lipinski definition) is 4. The van der Waals surface area contributed by atoms with Crippen LogP contribution < -0.4 is 10.6 Å². The molecule has 1 aromatic carbocycles. The molecule has 128 valence electrons. The Bertz CT molecular complexity index is 773. The molecule has 0 aliphatic rings. The summed E-state index contributed by atoms with van der Waals surface area (Å²) >= 11 is 9.57. The number of carbonyl (C=O) groups excluding carboxylic acids is 1. The largest absolute Gasteiger partial charge is 0.465 e. The van der Waals surface area contributed by atoms with Gasteiger partial charge in [0.1, 0.15) is 10.8 Å². The van der Waals surface area contributed by atoms with E-state index >= 15 is 0 Å². The van der Waals surface area contributed by atoms with Crippen molar-refractivity contribution in [2.45, 2.75) is 13.3 Å². The summed E-state index contributed by atoms with van der Waals surface area (Å²) in [6.07, 6.45) is 0.745. The Hall–Kier alpha value is -1.58. The summed E-state index contributed by atoms with van der Waals surface area (Å²) in [5, 5.41) is 6.07. The average Bonchev–Trinajstić information content (AvgIpc) is 2.93. The summed E-state index contributed by atoms with van der Waals surface area (Å²) in [6.45, 7) is 1.96. The van der Waals surface area contributed by atoms with Crippen LogP contribution in [0.15, 0.2) is 22.7 Å². The van der Waals surface area contributed by atoms with Gasteiger partial charge in [0, 0.05) is 15.4 Å². The number of anilines is 2. The van der Waals surface area contributed by atoms with E-state index in [1.807, 2.05) is 6.92 Å². The Morgan fingerprint density at radius 1 is 1.33 bits per heavy atom. The van der Waals surface area contributed by atoms with E-state index < -0.39 is 17.6 Å². The van der Waals surface area contributed by atoms with Crippen LogP contribution in [0.4, 0.5) is 19.5 Å². The number of nitrogens with one attached hydrogen (secondary N) is 2. The number of esters is 1. The number of thiophene rings is 1. The second kappa shape index (κ2) is 8.00. The van der Waals surface area contributed by atoms with Crippen molar-refractivity contribution in [3.8, 4) is 0 Å². The van der Waals surface area contributed by atoms with Gasteiger partial charge in [-0.1, -0.05) is 6.92 Å². The molecule has 2 N–H and O–H groups in total. The maximum absolute atomic E-state index is 13.8. The van der Waals surface area contributed by atoms with Gasteiger partial charge in [-0.25, -0.2) is 13.6 Å². The van der Waals surface area contributed by atoms with Crippen LogP contribution in [0.5, 0.6) is 0 Å². The molecule has 0 spiro atoms. The van der Waals surface area contributed by atoms with Crippen molar-refractivity contribution in [2.24, 2.45) is 0 Å². The minimum absolute atomic E-state index is 0.000731. The number of halogens is 3. The Balaban J connectivity index is 2.22. The molecule has 0 saturated heterocycles. The lowest BCUT2D eigenvalue weighted by molar-refractivity contribution is 0.0602. The fourth-order valence-corrected chi connectivity index (χ4v) is 3.64. The third kappa shape index (κ3) is 4.28. The number of benzene rings is 1. The van der Waals surface area contributed by atoms with Gasteiger partial charge < -0.3 is 15.4 Å². The Morgan fingerprint density at radius 3 is 2.62 bits per heavy atom. The maximum Gasteiger partial charge on any atom is 0.340 e. The van der Waals surface area contributed by atoms with Crippen molar-refractivity contribution in [2.75, 3.05) is 17.7 Å². The third-order valence-corrected chi connectivity index (χ3v) is 5.03. The SMILES string of the molecule is CCc1cc(C(=O)OC)c(NC(=S)Nc2c(F)cc(F)cc2Br)s1. The van der Waals surface area contributed by atoms with Gasteiger partial charge >= 0.3 is 5.97 Å². The molecule has 1 aromatic heterocycles. The molecule has 2 rings (SSSR count). The number of ether oxygens (including phenoxy) is 1. The van der Waals surface area contributed by atoms with E-state index in [0.29, 0.717) is 10.6 Å². The van der Waals surface area contributed by atoms with Crippen LogP contribution in [0.25, 0.3) is 0 Å². The second-order valence-electron chi connectivity index (χ2n) is 4.62. The Kier molecular flexibility index (Phi) is 6.25. The standard InChI is InChI=1S/C15H13BrF2N2O2S2/c1-3-8-6-9(14(21)22-2)13(24-8)20-15(23)19-12-10(16)4-7(17)5-11(12)18/h4-6H,3H2,1-2H3,(H2,19,20,23). The summed E-state index contributed by atoms with van der Waals surface area (Å²) in [4.78, 5) is 12.8. The van der Waals surface area contributed by atoms with Crippen molar-refractivity contribution in [1.29, 1.82) is 0 Å². The first kappa shape index (κ1) is 18.8. The molecule has 0 bridgehead atoms. The first-order valence-electron chi connectivity index (χ1n) is 6.79. The minimum atomic E-state index is -0.792. The highest BCUT2D eigenvalue weighted by Gasteiger charge is 2.18. The Morgan fingerprint density at radius 2 is 2.04 bits per heavy atom. The molecule has 24 heavy (non-hydrogen) atoms. The number of methoxy groups -OCH3 is 1. The molecule has 1 heterocycles. The maximum atomic E-state index is 13.8. The van der Waals surface area contributed by atoms with Crippen LogP contribution in [0.1, 0.15) is 22.2 Å². The highest BCUT2D eigenvalue weighted by atomic mass is 79.9. The van der Waals surface area contributed by atoms with E-state index in [1.54, 1.807) is 6.07 Å². The van der Waals surface area contributed by atoms with E-state index in [9.17, 15) is 13.6 Å². The van der Waals surface area contributed by atoms with Crippen LogP contribution in [0.3, 0.4) is 0 Å². The number of rotatable bonds is 4. The van der Waals surface area contributed by atoms with E-state index in [4.69, 9.17) is 17.0 Å². The van der Waals surface area contributed by atoms with Crippen LogP contribution in [0, 0.1) is 11.6 Å². The fourth-order valence-electron chi connectivity index (χ4n) is 1.88. The van der Waals surface area contributed by atoms with Gasteiger partial charge in [-0.15, -0.1) is 11.3 Å². The van der Waals surface area contributed by atoms with Crippen LogP contribution in [0.2, 0.25) is 0 Å². The molecule has 2 aromatic rings. The molecule has 0 saturated carbocycles. The summed E-state index contributed by atoms with van der Waals surface area (Å²) < 4.78 is 31.9. The normalized spacial score (nSPS) is 10.4. The molecule has 0 aliphatic heterocycles. The molecule has 0 atom stereocenters. The molecule has 9 heteroatoms. The van der Waals surface area contributed by atoms with Gasteiger partial charge in [0.15, 0.2) is 10.9 Å². The lowest BCUT2D eigenvalue weighted by Crippen LogP contribution is -2.21. The zero-order valence-electron chi connectivity index (χ0n) is 12.7. The zero-order chi connectivity index (χ0) is 17.9. The lowest BCUT2D eigenvalue weighted by Gasteiger charge is -2.12. The molecule has 0 fully saturated rings. The second-order valence-corrected chi connectivity index (χ2v) is 7.02. The number of hydrogen-bond donors (Lipinski definition) is 2. The quantitative estimate of drug-likeness (QED) is 0.526. The van der Waals surface area contributed by atoms with Crippen LogP contribution >= 0.6 is 39.5 Å². The highest BCUT2D eigenvalue weighted by Crippen LogP contribution is 2.30. The van der Waals surface area contributed by atoms with Gasteiger partial charge in [-0.05, 0) is 46.7 Å². The van der Waals surface area contributed by atoms with Gasteiger partial charge in [0.2, 0.25) is 0 Å². The zero-order valence-corrected chi connectivity index (χ0v) is 15.9. The molecule has 0 unspecified atom stereocenters. The van der Waals surface area contributed by atoms with Crippen molar-refractivity contribution in [1.82, 2.24) is 0 Å². The van der Waals surface area contributed by atoms with Crippen LogP contribution in [-0.2, 0) is 11.2 Å². The van der Waals surface area contributed by atoms with Crippen molar-refractivity contribution >= 4 is 61.3 Å². The highest BCUT2D eigenvalue weighted by molar-refractivity contribution is 9.10. The minimum Gasteiger partial charge on any atom is -0.465 e. The monoisotopic (exact) mass is 434 g/mol. The Labute approximate surface area is 155 Å². The molecule has 0 aliphatic carbocycles. The van der Waals surface area contributed by atoms with E-state index in [1.165, 1.54) is 18.4 Å². The van der Waals surface area contributed by atoms with E-state index in [0.717, 1.165) is 23.4 Å². The van der Waals surface area contributed by atoms with Gasteiger partial charge in [-0.3, -0.25) is 0 Å². The lowest BCUT2D eigenvalue weighted by atomic mass is 10.2. The molecule has 0 radical (unpaired) electrons. The summed E-state index contributed by atoms with van der Waals surface area (Å²) in [7, 11) is 1.29. The van der Waals surface area contributed by atoms with Gasteiger partial charge in [0.25, 0.3) is 0 Å².